The zero-order valence-electron chi connectivity index (χ0n) is 16.5. The fourth-order valence-corrected chi connectivity index (χ4v) is 5.32. The van der Waals surface area contributed by atoms with E-state index in [1.54, 1.807) is 50.7 Å². The predicted molar refractivity (Wildman–Crippen MR) is 119 cm³/mol. The molecule has 0 aromatic heterocycles. The molecule has 158 valence electrons. The number of urea groups is 1. The van der Waals surface area contributed by atoms with Gasteiger partial charge in [0.1, 0.15) is 12.4 Å². The second-order valence-electron chi connectivity index (χ2n) is 7.39. The maximum atomic E-state index is 14.1. The van der Waals surface area contributed by atoms with Crippen LogP contribution in [0.2, 0.25) is 5.02 Å². The first-order valence-electron chi connectivity index (χ1n) is 9.99. The van der Waals surface area contributed by atoms with Gasteiger partial charge in [-0.1, -0.05) is 35.9 Å². The van der Waals surface area contributed by atoms with Crippen molar-refractivity contribution in [1.29, 1.82) is 0 Å². The Morgan fingerprint density at radius 3 is 2.73 bits per heavy atom. The minimum absolute atomic E-state index is 0.0377. The molecule has 1 atom stereocenters. The van der Waals surface area contributed by atoms with Crippen molar-refractivity contribution in [2.45, 2.75) is 11.7 Å². The highest BCUT2D eigenvalue weighted by atomic mass is 35.5. The van der Waals surface area contributed by atoms with Crippen molar-refractivity contribution in [2.24, 2.45) is 0 Å². The van der Waals surface area contributed by atoms with Crippen LogP contribution in [0.1, 0.15) is 17.2 Å². The maximum absolute atomic E-state index is 14.1. The number of rotatable bonds is 4. The van der Waals surface area contributed by atoms with E-state index in [1.165, 1.54) is 6.07 Å². The van der Waals surface area contributed by atoms with E-state index in [0.29, 0.717) is 43.2 Å². The van der Waals surface area contributed by atoms with E-state index < -0.39 is 0 Å². The number of carbonyl (C=O) groups excluding carboxylic acids is 2. The highest BCUT2D eigenvalue weighted by molar-refractivity contribution is 7.99. The molecule has 3 amide bonds. The van der Waals surface area contributed by atoms with Crippen molar-refractivity contribution >= 4 is 41.0 Å². The van der Waals surface area contributed by atoms with Crippen LogP contribution in [0.25, 0.3) is 0 Å². The van der Waals surface area contributed by atoms with E-state index in [9.17, 15) is 14.0 Å². The Kier molecular flexibility index (Phi) is 6.49. The molecule has 2 heterocycles. The quantitative estimate of drug-likeness (QED) is 0.696. The zero-order valence-corrected chi connectivity index (χ0v) is 18.0. The average molecular weight is 448 g/mol. The fourth-order valence-electron chi connectivity index (χ4n) is 3.88. The Hall–Kier alpha value is -2.25. The monoisotopic (exact) mass is 447 g/mol. The Morgan fingerprint density at radius 1 is 1.10 bits per heavy atom. The summed E-state index contributed by atoms with van der Waals surface area (Å²) in [4.78, 5) is 30.7. The molecule has 2 aromatic carbocycles. The summed E-state index contributed by atoms with van der Waals surface area (Å²) in [5, 5.41) is 0.608. The summed E-state index contributed by atoms with van der Waals surface area (Å²) in [6.45, 7) is 2.25. The number of hydrogen-bond donors (Lipinski definition) is 0. The van der Waals surface area contributed by atoms with Gasteiger partial charge in [-0.2, -0.15) is 11.8 Å². The Labute approximate surface area is 184 Å². The SMILES string of the molecule is O=C(CN1CCN(c2cccc(Cl)c2)C1=O)N1CCS[C@@H](c2ccccc2F)CC1. The highest BCUT2D eigenvalue weighted by Gasteiger charge is 2.32. The minimum Gasteiger partial charge on any atom is -0.340 e. The molecular weight excluding hydrogens is 425 g/mol. The average Bonchev–Trinajstić information content (AvgIpc) is 2.94. The molecule has 0 unspecified atom stereocenters. The molecule has 0 bridgehead atoms. The molecule has 0 N–H and O–H groups in total. The van der Waals surface area contributed by atoms with Crippen molar-refractivity contribution in [3.63, 3.8) is 0 Å². The van der Waals surface area contributed by atoms with E-state index in [-0.39, 0.29) is 29.6 Å². The van der Waals surface area contributed by atoms with E-state index >= 15 is 0 Å². The second kappa shape index (κ2) is 9.27. The molecule has 8 heteroatoms. The van der Waals surface area contributed by atoms with Gasteiger partial charge < -0.3 is 9.80 Å². The summed E-state index contributed by atoms with van der Waals surface area (Å²) in [7, 11) is 0. The van der Waals surface area contributed by atoms with Crippen molar-refractivity contribution in [2.75, 3.05) is 43.4 Å². The highest BCUT2D eigenvalue weighted by Crippen LogP contribution is 2.35. The number of anilines is 1. The lowest BCUT2D eigenvalue weighted by atomic mass is 10.1. The predicted octanol–water partition coefficient (Wildman–Crippen LogP) is 4.43. The molecule has 2 saturated heterocycles. The Morgan fingerprint density at radius 2 is 1.93 bits per heavy atom. The third kappa shape index (κ3) is 4.57. The third-order valence-corrected chi connectivity index (χ3v) is 7.03. The van der Waals surface area contributed by atoms with Crippen LogP contribution in [-0.4, -0.2) is 60.2 Å². The van der Waals surface area contributed by atoms with Gasteiger partial charge in [0.15, 0.2) is 0 Å². The van der Waals surface area contributed by atoms with Crippen molar-refractivity contribution in [3.8, 4) is 0 Å². The van der Waals surface area contributed by atoms with Gasteiger partial charge in [-0.05, 0) is 30.7 Å². The normalized spacial score (nSPS) is 19.9. The summed E-state index contributed by atoms with van der Waals surface area (Å²) in [5.74, 6) is 0.484. The first-order chi connectivity index (χ1) is 14.5. The molecule has 2 fully saturated rings. The number of thioether (sulfide) groups is 1. The van der Waals surface area contributed by atoms with Gasteiger partial charge >= 0.3 is 6.03 Å². The van der Waals surface area contributed by atoms with Crippen LogP contribution in [-0.2, 0) is 4.79 Å². The molecular formula is C22H23ClFN3O2S. The number of nitrogens with zero attached hydrogens (tertiary/aromatic N) is 3. The lowest BCUT2D eigenvalue weighted by Gasteiger charge is -2.24. The summed E-state index contributed by atoms with van der Waals surface area (Å²) < 4.78 is 14.1. The van der Waals surface area contributed by atoms with Crippen LogP contribution in [0, 0.1) is 5.82 Å². The summed E-state index contributed by atoms with van der Waals surface area (Å²) in [5.41, 5.74) is 1.44. The largest absolute Gasteiger partial charge is 0.340 e. The number of halogens is 2. The number of carbonyl (C=O) groups is 2. The second-order valence-corrected chi connectivity index (χ2v) is 9.13. The van der Waals surface area contributed by atoms with Crippen LogP contribution in [0.3, 0.4) is 0 Å². The van der Waals surface area contributed by atoms with Crippen molar-refractivity contribution in [3.05, 3.63) is 64.9 Å². The van der Waals surface area contributed by atoms with Gasteiger partial charge in [0.05, 0.1) is 0 Å². The first kappa shape index (κ1) is 21.0. The molecule has 30 heavy (non-hydrogen) atoms. The van der Waals surface area contributed by atoms with Crippen LogP contribution in [0.15, 0.2) is 48.5 Å². The molecule has 4 rings (SSSR count). The molecule has 5 nitrogen and oxygen atoms in total. The maximum Gasteiger partial charge on any atom is 0.325 e. The molecule has 0 spiro atoms. The molecule has 0 aliphatic carbocycles. The van der Waals surface area contributed by atoms with Crippen LogP contribution in [0.5, 0.6) is 0 Å². The summed E-state index contributed by atoms with van der Waals surface area (Å²) in [6, 6.07) is 13.8. The third-order valence-electron chi connectivity index (χ3n) is 5.49. The van der Waals surface area contributed by atoms with Gasteiger partial charge in [0.2, 0.25) is 5.91 Å². The van der Waals surface area contributed by atoms with Crippen LogP contribution < -0.4 is 4.90 Å². The smallest absolute Gasteiger partial charge is 0.325 e. The van der Waals surface area contributed by atoms with Crippen LogP contribution in [0.4, 0.5) is 14.9 Å². The van der Waals surface area contributed by atoms with E-state index in [0.717, 1.165) is 11.4 Å². The van der Waals surface area contributed by atoms with Gasteiger partial charge in [-0.15, -0.1) is 0 Å². The van der Waals surface area contributed by atoms with E-state index in [4.69, 9.17) is 11.6 Å². The summed E-state index contributed by atoms with van der Waals surface area (Å²) in [6.07, 6.45) is 0.694. The Balaban J connectivity index is 1.35. The lowest BCUT2D eigenvalue weighted by molar-refractivity contribution is -0.131. The fraction of sp³-hybridized carbons (Fsp3) is 0.364. The van der Waals surface area contributed by atoms with E-state index in [2.05, 4.69) is 0 Å². The summed E-state index contributed by atoms with van der Waals surface area (Å²) >= 11 is 7.72. The number of benzene rings is 2. The van der Waals surface area contributed by atoms with Gasteiger partial charge in [0, 0.05) is 53.5 Å². The Bertz CT molecular complexity index is 944. The molecule has 0 radical (unpaired) electrons. The zero-order chi connectivity index (χ0) is 21.1. The first-order valence-corrected chi connectivity index (χ1v) is 11.4. The van der Waals surface area contributed by atoms with E-state index in [1.807, 2.05) is 18.2 Å². The van der Waals surface area contributed by atoms with Crippen molar-refractivity contribution in [1.82, 2.24) is 9.80 Å². The van der Waals surface area contributed by atoms with Gasteiger partial charge in [-0.3, -0.25) is 9.69 Å². The molecule has 2 aromatic rings. The molecule has 0 saturated carbocycles. The van der Waals surface area contributed by atoms with Gasteiger partial charge in [0.25, 0.3) is 0 Å². The lowest BCUT2D eigenvalue weighted by Crippen LogP contribution is -2.43. The molecule has 2 aliphatic heterocycles. The van der Waals surface area contributed by atoms with Gasteiger partial charge in [-0.25, -0.2) is 9.18 Å². The molecule has 2 aliphatic rings. The van der Waals surface area contributed by atoms with Crippen molar-refractivity contribution < 1.29 is 14.0 Å². The number of amides is 3. The van der Waals surface area contributed by atoms with Crippen LogP contribution >= 0.6 is 23.4 Å². The standard InChI is InChI=1S/C22H23ClFN3O2S/c23-16-4-3-5-17(14-16)27-11-10-26(22(27)29)15-21(28)25-9-8-20(30-13-12-25)18-6-1-2-7-19(18)24/h1-7,14,20H,8-13,15H2/t20-/m1/s1. The minimum atomic E-state index is -0.196. The topological polar surface area (TPSA) is 43.9 Å². The number of hydrogen-bond acceptors (Lipinski definition) is 3.